The fraction of sp³-hybridized carbons (Fsp3) is 0.190. The highest BCUT2D eigenvalue weighted by Gasteiger charge is 2.21. The Hall–Kier alpha value is -3.61. The van der Waals surface area contributed by atoms with Gasteiger partial charge in [-0.15, -0.1) is 0 Å². The predicted octanol–water partition coefficient (Wildman–Crippen LogP) is 2.37. The van der Waals surface area contributed by atoms with E-state index < -0.39 is 6.04 Å². The first-order valence-corrected chi connectivity index (χ1v) is 8.86. The molecule has 7 nitrogen and oxygen atoms in total. The van der Waals surface area contributed by atoms with Crippen LogP contribution in [0.1, 0.15) is 18.1 Å². The van der Waals surface area contributed by atoms with E-state index in [0.29, 0.717) is 6.42 Å². The quantitative estimate of drug-likeness (QED) is 0.435. The largest absolute Gasteiger partial charge is 0.497 e. The average Bonchev–Trinajstić information content (AvgIpc) is 3.10. The summed E-state index contributed by atoms with van der Waals surface area (Å²) in [5, 5.41) is 7.70. The highest BCUT2D eigenvalue weighted by Crippen LogP contribution is 2.19. The fourth-order valence-electron chi connectivity index (χ4n) is 2.91. The second-order valence-corrected chi connectivity index (χ2v) is 6.32. The molecule has 3 aromatic rings. The number of carbonyl (C=O) groups excluding carboxylic acids is 2. The summed E-state index contributed by atoms with van der Waals surface area (Å²) in [7, 11) is 1.60. The molecule has 0 unspecified atom stereocenters. The number of nitrogens with one attached hydrogen (secondary N) is 3. The van der Waals surface area contributed by atoms with E-state index in [-0.39, 0.29) is 11.8 Å². The zero-order chi connectivity index (χ0) is 19.9. The molecule has 144 valence electrons. The molecule has 3 N–H and O–H groups in total. The zero-order valence-electron chi connectivity index (χ0n) is 15.7. The first-order valence-electron chi connectivity index (χ1n) is 8.86. The van der Waals surface area contributed by atoms with Gasteiger partial charge in [0.25, 0.3) is 5.91 Å². The van der Waals surface area contributed by atoms with Crippen LogP contribution in [0.3, 0.4) is 0 Å². The van der Waals surface area contributed by atoms with Crippen molar-refractivity contribution >= 4 is 28.9 Å². The van der Waals surface area contributed by atoms with Crippen molar-refractivity contribution in [1.82, 2.24) is 15.7 Å². The van der Waals surface area contributed by atoms with Gasteiger partial charge in [0, 0.05) is 30.4 Å². The number of rotatable bonds is 7. The number of methoxy groups -OCH3 is 1. The van der Waals surface area contributed by atoms with E-state index in [4.69, 9.17) is 4.74 Å². The predicted molar refractivity (Wildman–Crippen MR) is 108 cm³/mol. The summed E-state index contributed by atoms with van der Waals surface area (Å²) in [4.78, 5) is 27.3. The maximum absolute atomic E-state index is 12.6. The number of fused-ring (bicyclic) bond motifs is 1. The van der Waals surface area contributed by atoms with Gasteiger partial charge in [0.15, 0.2) is 0 Å². The smallest absolute Gasteiger partial charge is 0.262 e. The second kappa shape index (κ2) is 8.85. The molecule has 0 fully saturated rings. The Bertz CT molecular complexity index is 992. The summed E-state index contributed by atoms with van der Waals surface area (Å²) >= 11 is 0. The van der Waals surface area contributed by atoms with Gasteiger partial charge in [-0.05, 0) is 41.5 Å². The molecule has 1 aromatic heterocycles. The first kappa shape index (κ1) is 19.2. The first-order chi connectivity index (χ1) is 13.6. The molecule has 28 heavy (non-hydrogen) atoms. The van der Waals surface area contributed by atoms with Crippen LogP contribution in [0.4, 0.5) is 0 Å². The Morgan fingerprint density at radius 2 is 1.93 bits per heavy atom. The van der Waals surface area contributed by atoms with Crippen LogP contribution in [0.25, 0.3) is 10.9 Å². The van der Waals surface area contributed by atoms with Crippen LogP contribution >= 0.6 is 0 Å². The minimum absolute atomic E-state index is 0.279. The van der Waals surface area contributed by atoms with Gasteiger partial charge >= 0.3 is 0 Å². The van der Waals surface area contributed by atoms with E-state index in [2.05, 4.69) is 20.8 Å². The lowest BCUT2D eigenvalue weighted by Crippen LogP contribution is -2.46. The summed E-state index contributed by atoms with van der Waals surface area (Å²) in [5.41, 5.74) is 5.24. The molecule has 0 radical (unpaired) electrons. The third-order valence-electron chi connectivity index (χ3n) is 4.30. The van der Waals surface area contributed by atoms with E-state index in [1.165, 1.54) is 13.1 Å². The van der Waals surface area contributed by atoms with Crippen molar-refractivity contribution in [3.05, 3.63) is 65.9 Å². The van der Waals surface area contributed by atoms with E-state index in [1.807, 2.05) is 42.6 Å². The van der Waals surface area contributed by atoms with Crippen molar-refractivity contribution in [2.24, 2.45) is 5.10 Å². The fourth-order valence-corrected chi connectivity index (χ4v) is 2.91. The number of carbonyl (C=O) groups is 2. The Morgan fingerprint density at radius 3 is 2.64 bits per heavy atom. The molecule has 0 bridgehead atoms. The van der Waals surface area contributed by atoms with Gasteiger partial charge in [-0.1, -0.05) is 18.2 Å². The van der Waals surface area contributed by atoms with Crippen molar-refractivity contribution in [2.45, 2.75) is 19.4 Å². The highest BCUT2D eigenvalue weighted by molar-refractivity contribution is 5.90. The maximum Gasteiger partial charge on any atom is 0.262 e. The zero-order valence-corrected chi connectivity index (χ0v) is 15.7. The van der Waals surface area contributed by atoms with Crippen LogP contribution in [-0.4, -0.2) is 36.2 Å². The Labute approximate surface area is 162 Å². The number of nitrogens with zero attached hydrogens (tertiary/aromatic N) is 1. The van der Waals surface area contributed by atoms with Gasteiger partial charge in [0.1, 0.15) is 11.8 Å². The standard InChI is InChI=1S/C21H22N4O3/c1-14(26)24-20(11-16-13-22-19-6-4-3-5-18(16)19)21(27)25-23-12-15-7-9-17(28-2)10-8-15/h3-10,12-13,20,22H,11H2,1-2H3,(H,24,26)(H,25,27)/t20-/m1/s1. The Morgan fingerprint density at radius 1 is 1.18 bits per heavy atom. The third kappa shape index (κ3) is 4.76. The van der Waals surface area contributed by atoms with Gasteiger partial charge in [0.05, 0.1) is 13.3 Å². The number of H-pyrrole nitrogens is 1. The topological polar surface area (TPSA) is 95.6 Å². The highest BCUT2D eigenvalue weighted by atomic mass is 16.5. The summed E-state index contributed by atoms with van der Waals surface area (Å²) in [6.45, 7) is 1.39. The van der Waals surface area contributed by atoms with Crippen LogP contribution in [0.2, 0.25) is 0 Å². The van der Waals surface area contributed by atoms with Crippen LogP contribution in [-0.2, 0) is 16.0 Å². The monoisotopic (exact) mass is 378 g/mol. The molecule has 0 aliphatic rings. The van der Waals surface area contributed by atoms with E-state index >= 15 is 0 Å². The number of para-hydroxylation sites is 1. The van der Waals surface area contributed by atoms with E-state index in [9.17, 15) is 9.59 Å². The van der Waals surface area contributed by atoms with Gasteiger partial charge < -0.3 is 15.0 Å². The van der Waals surface area contributed by atoms with Gasteiger partial charge in [-0.25, -0.2) is 5.43 Å². The van der Waals surface area contributed by atoms with Gasteiger partial charge in [-0.2, -0.15) is 5.10 Å². The number of amides is 2. The van der Waals surface area contributed by atoms with Gasteiger partial charge in [-0.3, -0.25) is 9.59 Å². The van der Waals surface area contributed by atoms with E-state index in [0.717, 1.165) is 27.8 Å². The second-order valence-electron chi connectivity index (χ2n) is 6.32. The van der Waals surface area contributed by atoms with Crippen molar-refractivity contribution in [1.29, 1.82) is 0 Å². The number of hydrazone groups is 1. The summed E-state index contributed by atoms with van der Waals surface area (Å²) < 4.78 is 5.10. The van der Waals surface area contributed by atoms with Crippen LogP contribution in [0.15, 0.2) is 59.8 Å². The molecular weight excluding hydrogens is 356 g/mol. The number of hydrogen-bond acceptors (Lipinski definition) is 4. The average molecular weight is 378 g/mol. The lowest BCUT2D eigenvalue weighted by molar-refractivity contribution is -0.128. The van der Waals surface area contributed by atoms with Crippen LogP contribution < -0.4 is 15.5 Å². The van der Waals surface area contributed by atoms with Crippen molar-refractivity contribution in [2.75, 3.05) is 7.11 Å². The molecule has 3 rings (SSSR count). The molecule has 0 spiro atoms. The lowest BCUT2D eigenvalue weighted by Gasteiger charge is -2.15. The minimum Gasteiger partial charge on any atom is -0.497 e. The molecule has 1 heterocycles. The summed E-state index contributed by atoms with van der Waals surface area (Å²) in [5.74, 6) is 0.0787. The normalized spacial score (nSPS) is 12.1. The molecule has 0 saturated carbocycles. The number of benzene rings is 2. The lowest BCUT2D eigenvalue weighted by atomic mass is 10.0. The molecule has 0 aliphatic carbocycles. The molecule has 7 heteroatoms. The molecule has 0 aliphatic heterocycles. The van der Waals surface area contributed by atoms with E-state index in [1.54, 1.807) is 19.2 Å². The summed E-state index contributed by atoms with van der Waals surface area (Å²) in [6.07, 6.45) is 3.74. The van der Waals surface area contributed by atoms with Crippen molar-refractivity contribution < 1.29 is 14.3 Å². The number of ether oxygens (including phenoxy) is 1. The molecule has 2 amide bonds. The molecular formula is C21H22N4O3. The van der Waals surface area contributed by atoms with Crippen molar-refractivity contribution in [3.63, 3.8) is 0 Å². The van der Waals surface area contributed by atoms with Gasteiger partial charge in [0.2, 0.25) is 5.91 Å². The molecule has 2 aromatic carbocycles. The SMILES string of the molecule is COc1ccc(C=NNC(=O)[C@@H](Cc2c[nH]c3ccccc23)NC(C)=O)cc1. The number of aromatic nitrogens is 1. The third-order valence-corrected chi connectivity index (χ3v) is 4.30. The van der Waals surface area contributed by atoms with Crippen LogP contribution in [0, 0.1) is 0 Å². The molecule has 0 saturated heterocycles. The Balaban J connectivity index is 1.68. The number of hydrogen-bond donors (Lipinski definition) is 3. The molecule has 1 atom stereocenters. The van der Waals surface area contributed by atoms with Crippen LogP contribution in [0.5, 0.6) is 5.75 Å². The minimum atomic E-state index is -0.732. The van der Waals surface area contributed by atoms with Crippen molar-refractivity contribution in [3.8, 4) is 5.75 Å². The Kier molecular flexibility index (Phi) is 6.06. The number of aromatic amines is 1. The maximum atomic E-state index is 12.6. The summed E-state index contributed by atoms with van der Waals surface area (Å²) in [6, 6.07) is 14.3.